The summed E-state index contributed by atoms with van der Waals surface area (Å²) < 4.78 is 6.19. The second kappa shape index (κ2) is 7.47. The van der Waals surface area contributed by atoms with Crippen LogP contribution in [0.4, 0.5) is 0 Å². The number of hydrogen-bond acceptors (Lipinski definition) is 6. The lowest BCUT2D eigenvalue weighted by atomic mass is 10.2. The molecule has 0 fully saturated rings. The lowest BCUT2D eigenvalue weighted by Gasteiger charge is -2.05. The number of nitrogens with one attached hydrogen (secondary N) is 1. The second-order valence-electron chi connectivity index (χ2n) is 5.41. The number of aromatic hydroxyl groups is 1. The third-order valence-electron chi connectivity index (χ3n) is 3.68. The fraction of sp³-hybridized carbons (Fsp3) is 0.111. The fourth-order valence-corrected chi connectivity index (χ4v) is 2.34. The van der Waals surface area contributed by atoms with E-state index in [2.05, 4.69) is 15.5 Å². The van der Waals surface area contributed by atoms with E-state index in [1.54, 1.807) is 36.4 Å². The summed E-state index contributed by atoms with van der Waals surface area (Å²) in [6.07, 6.45) is 2.62. The van der Waals surface area contributed by atoms with Crippen molar-refractivity contribution in [1.82, 2.24) is 15.0 Å². The minimum Gasteiger partial charge on any atom is -0.507 e. The van der Waals surface area contributed by atoms with Gasteiger partial charge in [0.05, 0.1) is 30.6 Å². The molecule has 3 rings (SSSR count). The van der Waals surface area contributed by atoms with Crippen LogP contribution in [0, 0.1) is 0 Å². The molecule has 0 atom stereocenters. The van der Waals surface area contributed by atoms with Gasteiger partial charge < -0.3 is 9.84 Å². The average Bonchev–Trinajstić information content (AvgIpc) is 2.65. The third-order valence-corrected chi connectivity index (χ3v) is 3.68. The molecule has 2 N–H and O–H groups in total. The summed E-state index contributed by atoms with van der Waals surface area (Å²) in [6.45, 7) is -0.220. The summed E-state index contributed by atoms with van der Waals surface area (Å²) in [7, 11) is 1.49. The Balaban J connectivity index is 1.68. The minimum absolute atomic E-state index is 0.0303. The number of para-hydroxylation sites is 1. The molecule has 1 heterocycles. The second-order valence-corrected chi connectivity index (χ2v) is 5.41. The first-order valence-corrected chi connectivity index (χ1v) is 7.71. The number of methoxy groups -OCH3 is 1. The molecule has 0 aliphatic rings. The Labute approximate surface area is 148 Å². The van der Waals surface area contributed by atoms with Crippen molar-refractivity contribution in [1.29, 1.82) is 0 Å². The van der Waals surface area contributed by atoms with E-state index in [9.17, 15) is 14.7 Å². The van der Waals surface area contributed by atoms with Gasteiger partial charge >= 0.3 is 0 Å². The molecule has 2 aromatic carbocycles. The molecule has 0 bridgehead atoms. The Morgan fingerprint density at radius 3 is 2.92 bits per heavy atom. The van der Waals surface area contributed by atoms with Crippen LogP contribution in [0.2, 0.25) is 0 Å². The number of aromatic nitrogens is 2. The quantitative estimate of drug-likeness (QED) is 0.531. The number of nitrogens with zero attached hydrogens (tertiary/aromatic N) is 3. The van der Waals surface area contributed by atoms with Crippen molar-refractivity contribution in [3.63, 3.8) is 0 Å². The van der Waals surface area contributed by atoms with Gasteiger partial charge in [-0.25, -0.2) is 10.4 Å². The van der Waals surface area contributed by atoms with Gasteiger partial charge in [-0.2, -0.15) is 5.10 Å². The third kappa shape index (κ3) is 3.69. The van der Waals surface area contributed by atoms with Crippen LogP contribution in [0.25, 0.3) is 10.9 Å². The number of amides is 1. The van der Waals surface area contributed by atoms with E-state index < -0.39 is 5.91 Å². The highest BCUT2D eigenvalue weighted by Crippen LogP contribution is 2.21. The lowest BCUT2D eigenvalue weighted by Crippen LogP contribution is -2.30. The zero-order valence-corrected chi connectivity index (χ0v) is 13.9. The van der Waals surface area contributed by atoms with Gasteiger partial charge in [-0.3, -0.25) is 14.2 Å². The fourth-order valence-electron chi connectivity index (χ4n) is 2.34. The average molecular weight is 352 g/mol. The first-order chi connectivity index (χ1) is 12.6. The summed E-state index contributed by atoms with van der Waals surface area (Å²) in [5.41, 5.74) is 2.99. The van der Waals surface area contributed by atoms with Gasteiger partial charge in [0.1, 0.15) is 18.0 Å². The first-order valence-electron chi connectivity index (χ1n) is 7.71. The number of phenolic OH excluding ortho intramolecular Hbond substituents is 1. The lowest BCUT2D eigenvalue weighted by molar-refractivity contribution is -0.121. The van der Waals surface area contributed by atoms with E-state index in [0.29, 0.717) is 22.2 Å². The Morgan fingerprint density at radius 1 is 1.35 bits per heavy atom. The van der Waals surface area contributed by atoms with Gasteiger partial charge in [0.2, 0.25) is 0 Å². The van der Waals surface area contributed by atoms with E-state index in [-0.39, 0.29) is 17.9 Å². The van der Waals surface area contributed by atoms with Crippen LogP contribution < -0.4 is 15.7 Å². The number of rotatable bonds is 5. The topological polar surface area (TPSA) is 106 Å². The van der Waals surface area contributed by atoms with Crippen LogP contribution in [-0.2, 0) is 11.3 Å². The number of carbonyl (C=O) groups excluding carboxylic acids is 1. The molecule has 0 unspecified atom stereocenters. The van der Waals surface area contributed by atoms with E-state index in [1.807, 2.05) is 0 Å². The van der Waals surface area contributed by atoms with Gasteiger partial charge in [-0.05, 0) is 24.3 Å². The Bertz CT molecular complexity index is 1040. The summed E-state index contributed by atoms with van der Waals surface area (Å²) >= 11 is 0. The highest BCUT2D eigenvalue weighted by Gasteiger charge is 2.07. The first kappa shape index (κ1) is 17.2. The highest BCUT2D eigenvalue weighted by molar-refractivity contribution is 5.85. The van der Waals surface area contributed by atoms with E-state index in [1.165, 1.54) is 30.3 Å². The molecule has 0 aliphatic carbocycles. The molecule has 0 saturated heterocycles. The maximum Gasteiger partial charge on any atom is 0.261 e. The summed E-state index contributed by atoms with van der Waals surface area (Å²) in [5.74, 6) is -0.0161. The van der Waals surface area contributed by atoms with Crippen LogP contribution in [-0.4, -0.2) is 33.9 Å². The van der Waals surface area contributed by atoms with E-state index in [0.717, 1.165) is 0 Å². The molecule has 1 amide bonds. The number of hydrogen-bond donors (Lipinski definition) is 2. The molecule has 0 spiro atoms. The van der Waals surface area contributed by atoms with Crippen molar-refractivity contribution in [2.45, 2.75) is 6.54 Å². The summed E-state index contributed by atoms with van der Waals surface area (Å²) in [4.78, 5) is 28.5. The zero-order valence-electron chi connectivity index (χ0n) is 13.9. The predicted molar refractivity (Wildman–Crippen MR) is 96.4 cm³/mol. The van der Waals surface area contributed by atoms with E-state index >= 15 is 0 Å². The molecule has 3 aromatic rings. The largest absolute Gasteiger partial charge is 0.507 e. The molecule has 8 heteroatoms. The van der Waals surface area contributed by atoms with Crippen LogP contribution in [0.15, 0.2) is 58.7 Å². The van der Waals surface area contributed by atoms with Crippen LogP contribution in [0.3, 0.4) is 0 Å². The van der Waals surface area contributed by atoms with Crippen molar-refractivity contribution < 1.29 is 14.6 Å². The monoisotopic (exact) mass is 352 g/mol. The van der Waals surface area contributed by atoms with Gasteiger partial charge in [-0.1, -0.05) is 12.1 Å². The van der Waals surface area contributed by atoms with Crippen LogP contribution in [0.5, 0.6) is 11.5 Å². The molecule has 8 nitrogen and oxygen atoms in total. The Kier molecular flexibility index (Phi) is 4.93. The van der Waals surface area contributed by atoms with Crippen LogP contribution in [0.1, 0.15) is 5.56 Å². The van der Waals surface area contributed by atoms with Crippen molar-refractivity contribution in [3.05, 3.63) is 64.7 Å². The summed E-state index contributed by atoms with van der Waals surface area (Å²) in [6, 6.07) is 11.6. The van der Waals surface area contributed by atoms with Crippen molar-refractivity contribution in [3.8, 4) is 11.5 Å². The SMILES string of the molecule is COc1ccc(/C=N/NC(=O)Cn2cnc3ccccc3c2=O)c(O)c1. The van der Waals surface area contributed by atoms with Gasteiger partial charge in [-0.15, -0.1) is 0 Å². The maximum atomic E-state index is 12.3. The van der Waals surface area contributed by atoms with Gasteiger partial charge in [0.25, 0.3) is 11.5 Å². The molecule has 1 aromatic heterocycles. The van der Waals surface area contributed by atoms with Gasteiger partial charge in [0, 0.05) is 11.6 Å². The van der Waals surface area contributed by atoms with Gasteiger partial charge in [0.15, 0.2) is 0 Å². The maximum absolute atomic E-state index is 12.3. The number of fused-ring (bicyclic) bond motifs is 1. The molecule has 26 heavy (non-hydrogen) atoms. The van der Waals surface area contributed by atoms with Crippen molar-refractivity contribution in [2.75, 3.05) is 7.11 Å². The number of carbonyl (C=O) groups is 1. The van der Waals surface area contributed by atoms with Crippen LogP contribution >= 0.6 is 0 Å². The number of ether oxygens (including phenoxy) is 1. The number of benzene rings is 2. The molecule has 0 saturated carbocycles. The zero-order chi connectivity index (χ0) is 18.5. The van der Waals surface area contributed by atoms with Crippen molar-refractivity contribution in [2.24, 2.45) is 5.10 Å². The smallest absolute Gasteiger partial charge is 0.261 e. The van der Waals surface area contributed by atoms with Crippen molar-refractivity contribution >= 4 is 23.0 Å². The minimum atomic E-state index is -0.492. The number of phenols is 1. The summed E-state index contributed by atoms with van der Waals surface area (Å²) in [5, 5.41) is 14.0. The number of hydrazone groups is 1. The standard InChI is InChI=1S/C18H16N4O4/c1-26-13-7-6-12(16(23)8-13)9-20-21-17(24)10-22-11-19-15-5-3-2-4-14(15)18(22)25/h2-9,11,23H,10H2,1H3,(H,21,24)/b20-9+. The normalized spacial score (nSPS) is 11.0. The van der Waals surface area contributed by atoms with E-state index in [4.69, 9.17) is 4.74 Å². The Morgan fingerprint density at radius 2 is 2.15 bits per heavy atom. The molecular formula is C18H16N4O4. The molecule has 0 aliphatic heterocycles. The molecular weight excluding hydrogens is 336 g/mol. The Hall–Kier alpha value is -3.68. The highest BCUT2D eigenvalue weighted by atomic mass is 16.5. The predicted octanol–water partition coefficient (Wildman–Crippen LogP) is 1.26. The molecule has 132 valence electrons. The molecule has 0 radical (unpaired) electrons.